The van der Waals surface area contributed by atoms with Crippen LogP contribution < -0.4 is 0 Å². The van der Waals surface area contributed by atoms with Crippen LogP contribution in [-0.4, -0.2) is 62.8 Å². The van der Waals surface area contributed by atoms with Crippen molar-refractivity contribution in [1.82, 2.24) is 0 Å². The van der Waals surface area contributed by atoms with Gasteiger partial charge in [0.05, 0.1) is 6.61 Å². The minimum absolute atomic E-state index is 0.526. The second-order valence-corrected chi connectivity index (χ2v) is 2.72. The van der Waals surface area contributed by atoms with Gasteiger partial charge in [0.2, 0.25) is 0 Å². The van der Waals surface area contributed by atoms with Crippen molar-refractivity contribution in [3.05, 3.63) is 0 Å². The molecule has 0 aromatic rings. The Bertz CT molecular complexity index is 146. The van der Waals surface area contributed by atoms with Crippen LogP contribution in [0.15, 0.2) is 0 Å². The molecule has 5 N–H and O–H groups in total. The number of rotatable bonds is 1. The fourth-order valence-corrected chi connectivity index (χ4v) is 1.08. The van der Waals surface area contributed by atoms with Crippen LogP contribution in [0.1, 0.15) is 0 Å². The van der Waals surface area contributed by atoms with E-state index in [2.05, 4.69) is 4.74 Å². The van der Waals surface area contributed by atoms with Crippen LogP contribution in [0.2, 0.25) is 0 Å². The van der Waals surface area contributed by atoms with Crippen molar-refractivity contribution in [2.45, 2.75) is 30.7 Å². The number of hydrogen-bond acceptors (Lipinski definition) is 6. The Morgan fingerprint density at radius 2 is 1.50 bits per heavy atom. The molecule has 0 aromatic heterocycles. The Kier molecular flexibility index (Phi) is 2.99. The predicted molar refractivity (Wildman–Crippen MR) is 36.0 cm³/mol. The molecule has 5 atom stereocenters. The summed E-state index contributed by atoms with van der Waals surface area (Å²) in [5.74, 6) is 0. The van der Waals surface area contributed by atoms with E-state index in [0.29, 0.717) is 0 Å². The van der Waals surface area contributed by atoms with Gasteiger partial charge in [-0.05, 0) is 0 Å². The number of ether oxygens (including phenoxy) is 1. The van der Waals surface area contributed by atoms with Gasteiger partial charge in [0.15, 0.2) is 6.29 Å². The molecule has 6 heteroatoms. The van der Waals surface area contributed by atoms with E-state index >= 15 is 0 Å². The first-order chi connectivity index (χ1) is 5.57. The Hall–Kier alpha value is -0.240. The molecule has 0 amide bonds. The molecule has 72 valence electrons. The summed E-state index contributed by atoms with van der Waals surface area (Å²) in [5.41, 5.74) is 0. The summed E-state index contributed by atoms with van der Waals surface area (Å²) in [7, 11) is 0. The molecule has 2 unspecified atom stereocenters. The first-order valence-corrected chi connectivity index (χ1v) is 3.56. The molecule has 0 aliphatic carbocycles. The first kappa shape index (κ1) is 9.85. The summed E-state index contributed by atoms with van der Waals surface area (Å²) < 4.78 is 4.58. The molecule has 1 rings (SSSR count). The molecule has 1 heterocycles. The van der Waals surface area contributed by atoms with Gasteiger partial charge in [-0.15, -0.1) is 0 Å². The lowest BCUT2D eigenvalue weighted by atomic mass is 10.00. The van der Waals surface area contributed by atoms with Crippen LogP contribution in [0.5, 0.6) is 0 Å². The molecule has 12 heavy (non-hydrogen) atoms. The largest absolute Gasteiger partial charge is 0.394 e. The first-order valence-electron chi connectivity index (χ1n) is 3.56. The van der Waals surface area contributed by atoms with Gasteiger partial charge >= 0.3 is 0 Å². The SMILES string of the molecule is OCC1O[C@H](O)[C@H](O)C(O)[C@H]1O. The van der Waals surface area contributed by atoms with Crippen LogP contribution in [0, 0.1) is 0 Å². The van der Waals surface area contributed by atoms with Crippen LogP contribution in [0.25, 0.3) is 0 Å². The maximum absolute atomic E-state index is 9.12. The van der Waals surface area contributed by atoms with E-state index in [9.17, 15) is 0 Å². The quantitative estimate of drug-likeness (QED) is 0.290. The molecule has 0 aromatic carbocycles. The molecule has 1 aliphatic rings. The normalized spacial score (nSPS) is 49.2. The average molecular weight is 180 g/mol. The van der Waals surface area contributed by atoms with Gasteiger partial charge in [0, 0.05) is 0 Å². The lowest BCUT2D eigenvalue weighted by Crippen LogP contribution is -2.58. The van der Waals surface area contributed by atoms with Gasteiger partial charge in [-0.2, -0.15) is 0 Å². The summed E-state index contributed by atoms with van der Waals surface area (Å²) in [6, 6.07) is 0. The molecule has 1 aliphatic heterocycles. The van der Waals surface area contributed by atoms with Gasteiger partial charge in [-0.3, -0.25) is 0 Å². The third-order valence-corrected chi connectivity index (χ3v) is 1.87. The van der Waals surface area contributed by atoms with E-state index < -0.39 is 37.3 Å². The maximum atomic E-state index is 9.12. The zero-order valence-electron chi connectivity index (χ0n) is 6.24. The van der Waals surface area contributed by atoms with E-state index in [1.54, 1.807) is 0 Å². The van der Waals surface area contributed by atoms with Crippen LogP contribution >= 0.6 is 0 Å². The summed E-state index contributed by atoms with van der Waals surface area (Å²) >= 11 is 0. The third kappa shape index (κ3) is 1.58. The highest BCUT2D eigenvalue weighted by Crippen LogP contribution is 2.18. The maximum Gasteiger partial charge on any atom is 0.184 e. The molecule has 6 nitrogen and oxygen atoms in total. The molecule has 0 radical (unpaired) electrons. The number of hydrogen-bond donors (Lipinski definition) is 5. The molecule has 1 saturated heterocycles. The summed E-state index contributed by atoms with van der Waals surface area (Å²) in [5, 5.41) is 44.7. The Balaban J connectivity index is 2.63. The molecule has 0 bridgehead atoms. The summed E-state index contributed by atoms with van der Waals surface area (Å²) in [6.45, 7) is -0.526. The average Bonchev–Trinajstić information content (AvgIpc) is 2.08. The van der Waals surface area contributed by atoms with Crippen molar-refractivity contribution in [3.63, 3.8) is 0 Å². The van der Waals surface area contributed by atoms with Crippen molar-refractivity contribution in [2.24, 2.45) is 0 Å². The minimum atomic E-state index is -1.57. The molecular weight excluding hydrogens is 168 g/mol. The number of aliphatic hydroxyl groups excluding tert-OH is 5. The Morgan fingerprint density at radius 3 is 2.00 bits per heavy atom. The van der Waals surface area contributed by atoms with Gasteiger partial charge in [0.25, 0.3) is 0 Å². The van der Waals surface area contributed by atoms with Crippen molar-refractivity contribution in [1.29, 1.82) is 0 Å². The highest BCUT2D eigenvalue weighted by molar-refractivity contribution is 4.87. The monoisotopic (exact) mass is 180 g/mol. The van der Waals surface area contributed by atoms with E-state index in [-0.39, 0.29) is 0 Å². The standard InChI is InChI=1S/C6H12O6/c7-1-2-3(8)4(9)5(10)6(11)12-2/h2-11H,1H2/t2?,3-,4?,5+,6-/m0/s1. The van der Waals surface area contributed by atoms with Crippen molar-refractivity contribution < 1.29 is 30.3 Å². The highest BCUT2D eigenvalue weighted by Gasteiger charge is 2.42. The van der Waals surface area contributed by atoms with Crippen LogP contribution in [-0.2, 0) is 4.74 Å². The second-order valence-electron chi connectivity index (χ2n) is 2.72. The smallest absolute Gasteiger partial charge is 0.184 e. The van der Waals surface area contributed by atoms with Crippen molar-refractivity contribution in [2.75, 3.05) is 6.61 Å². The van der Waals surface area contributed by atoms with Gasteiger partial charge in [-0.25, -0.2) is 0 Å². The van der Waals surface area contributed by atoms with E-state index in [0.717, 1.165) is 0 Å². The molecule has 1 fully saturated rings. The van der Waals surface area contributed by atoms with Gasteiger partial charge < -0.3 is 30.3 Å². The van der Waals surface area contributed by atoms with Crippen LogP contribution in [0.4, 0.5) is 0 Å². The fourth-order valence-electron chi connectivity index (χ4n) is 1.08. The Morgan fingerprint density at radius 1 is 0.917 bits per heavy atom. The molecular formula is C6H12O6. The third-order valence-electron chi connectivity index (χ3n) is 1.87. The van der Waals surface area contributed by atoms with E-state index in [1.807, 2.05) is 0 Å². The second kappa shape index (κ2) is 3.65. The molecule has 0 saturated carbocycles. The summed E-state index contributed by atoms with van der Waals surface area (Å²) in [4.78, 5) is 0. The highest BCUT2D eigenvalue weighted by atomic mass is 16.6. The minimum Gasteiger partial charge on any atom is -0.394 e. The fraction of sp³-hybridized carbons (Fsp3) is 1.00. The molecule has 0 spiro atoms. The zero-order valence-corrected chi connectivity index (χ0v) is 6.24. The van der Waals surface area contributed by atoms with Crippen molar-refractivity contribution in [3.8, 4) is 0 Å². The lowest BCUT2D eigenvalue weighted by molar-refractivity contribution is -0.286. The topological polar surface area (TPSA) is 110 Å². The zero-order chi connectivity index (χ0) is 9.30. The van der Waals surface area contributed by atoms with Crippen molar-refractivity contribution >= 4 is 0 Å². The summed E-state index contributed by atoms with van der Waals surface area (Å²) in [6.07, 6.45) is -7.04. The number of aliphatic hydroxyl groups is 5. The van der Waals surface area contributed by atoms with Gasteiger partial charge in [0.1, 0.15) is 24.4 Å². The van der Waals surface area contributed by atoms with E-state index in [1.165, 1.54) is 0 Å². The van der Waals surface area contributed by atoms with Gasteiger partial charge in [-0.1, -0.05) is 0 Å². The van der Waals surface area contributed by atoms with E-state index in [4.69, 9.17) is 25.5 Å². The predicted octanol–water partition coefficient (Wildman–Crippen LogP) is -3.22. The van der Waals surface area contributed by atoms with Crippen LogP contribution in [0.3, 0.4) is 0 Å². The lowest BCUT2D eigenvalue weighted by Gasteiger charge is -2.37. The Labute approximate surface area is 68.6 Å².